The molecule has 0 rings (SSSR count). The summed E-state index contributed by atoms with van der Waals surface area (Å²) in [6.07, 6.45) is 22.6. The number of aliphatic imine (C=N–C) groups is 1. The Balaban J connectivity index is 6.11. The molecule has 152 valence electrons. The van der Waals surface area contributed by atoms with Crippen LogP contribution in [0.4, 0.5) is 0 Å². The van der Waals surface area contributed by atoms with E-state index in [1.807, 2.05) is 56.4 Å². The molecule has 29 heavy (non-hydrogen) atoms. The monoisotopic (exact) mass is 387 g/mol. The molecular weight excluding hydrogens is 354 g/mol. The molecule has 0 spiro atoms. The van der Waals surface area contributed by atoms with Crippen molar-refractivity contribution in [1.82, 2.24) is 0 Å². The van der Waals surface area contributed by atoms with Crippen LogP contribution in [0.2, 0.25) is 0 Å². The number of rotatable bonds is 14. The Bertz CT molecular complexity index is 807. The summed E-state index contributed by atoms with van der Waals surface area (Å²) in [6.45, 7) is 27.0. The summed E-state index contributed by atoms with van der Waals surface area (Å²) in [7, 11) is 0. The zero-order chi connectivity index (χ0) is 22.1. The van der Waals surface area contributed by atoms with Crippen molar-refractivity contribution in [1.29, 1.82) is 0 Å². The molecule has 2 heteroatoms. The normalized spacial score (nSPS) is 12.8. The Morgan fingerprint density at radius 3 is 2.14 bits per heavy atom. The highest BCUT2D eigenvalue weighted by atomic mass is 16.5. The maximum absolute atomic E-state index is 5.69. The van der Waals surface area contributed by atoms with Crippen LogP contribution in [0, 0.1) is 0 Å². The summed E-state index contributed by atoms with van der Waals surface area (Å²) in [4.78, 5) is 4.62. The van der Waals surface area contributed by atoms with Crippen LogP contribution in [-0.4, -0.2) is 5.71 Å². The molecule has 0 amide bonds. The van der Waals surface area contributed by atoms with Crippen LogP contribution in [0.5, 0.6) is 0 Å². The van der Waals surface area contributed by atoms with Gasteiger partial charge in [0.25, 0.3) is 0 Å². The van der Waals surface area contributed by atoms with Gasteiger partial charge in [0.05, 0.1) is 11.4 Å². The van der Waals surface area contributed by atoms with Crippen molar-refractivity contribution in [3.05, 3.63) is 135 Å². The van der Waals surface area contributed by atoms with E-state index in [0.717, 1.165) is 18.4 Å². The minimum atomic E-state index is 0.407. The molecule has 0 unspecified atom stereocenters. The minimum Gasteiger partial charge on any atom is -0.458 e. The van der Waals surface area contributed by atoms with Gasteiger partial charge in [0.15, 0.2) is 0 Å². The van der Waals surface area contributed by atoms with Crippen LogP contribution >= 0.6 is 0 Å². The topological polar surface area (TPSA) is 21.6 Å². The van der Waals surface area contributed by atoms with Gasteiger partial charge in [-0.25, -0.2) is 4.99 Å². The van der Waals surface area contributed by atoms with Crippen molar-refractivity contribution in [3.8, 4) is 0 Å². The van der Waals surface area contributed by atoms with Gasteiger partial charge in [0.2, 0.25) is 0 Å². The minimum absolute atomic E-state index is 0.407. The average Bonchev–Trinajstić information content (AvgIpc) is 2.70. The summed E-state index contributed by atoms with van der Waals surface area (Å²) in [6, 6.07) is 0. The van der Waals surface area contributed by atoms with E-state index in [-0.39, 0.29) is 0 Å². The third-order valence-corrected chi connectivity index (χ3v) is 3.53. The molecule has 0 atom stereocenters. The maximum Gasteiger partial charge on any atom is 0.129 e. The fraction of sp³-hybridized carbons (Fsp3) is 0.148. The number of allylic oxidation sites excluding steroid dienone is 13. The first-order chi connectivity index (χ1) is 13.9. The van der Waals surface area contributed by atoms with Gasteiger partial charge in [-0.05, 0) is 56.6 Å². The zero-order valence-electron chi connectivity index (χ0n) is 17.9. The molecule has 0 bridgehead atoms. The van der Waals surface area contributed by atoms with Gasteiger partial charge in [-0.15, -0.1) is 0 Å². The van der Waals surface area contributed by atoms with E-state index in [0.29, 0.717) is 28.5 Å². The molecule has 0 aliphatic rings. The summed E-state index contributed by atoms with van der Waals surface area (Å²) in [5, 5.41) is 0. The standard InChI is InChI=1S/C27H33NO/c1-9-13-14-15-16-17-19-26(25(8)29-24(7)12-4)27(21-20-22(5)11-3)28-23(6)18-10-2/h9-13,16-21H,3-8,14-15H2,1-2H3/b13-9-,17-16-,18-10-,21-20-,26-19+,28-27+. The van der Waals surface area contributed by atoms with Crippen molar-refractivity contribution in [3.63, 3.8) is 0 Å². The molecule has 0 aliphatic carbocycles. The summed E-state index contributed by atoms with van der Waals surface area (Å²) >= 11 is 0. The van der Waals surface area contributed by atoms with E-state index in [9.17, 15) is 0 Å². The second kappa shape index (κ2) is 15.6. The first kappa shape index (κ1) is 25.6. The lowest BCUT2D eigenvalue weighted by atomic mass is 10.1. The van der Waals surface area contributed by atoms with Crippen molar-refractivity contribution >= 4 is 5.71 Å². The highest BCUT2D eigenvalue weighted by Gasteiger charge is 2.11. The largest absolute Gasteiger partial charge is 0.458 e. The van der Waals surface area contributed by atoms with Gasteiger partial charge in [-0.1, -0.05) is 82.0 Å². The van der Waals surface area contributed by atoms with Crippen molar-refractivity contribution in [2.75, 3.05) is 0 Å². The molecule has 0 saturated heterocycles. The maximum atomic E-state index is 5.69. The number of nitrogens with zero attached hydrogens (tertiary/aromatic N) is 1. The first-order valence-corrected chi connectivity index (χ1v) is 9.46. The molecule has 0 radical (unpaired) electrons. The lowest BCUT2D eigenvalue weighted by Crippen LogP contribution is -2.05. The number of ether oxygens (including phenoxy) is 1. The van der Waals surface area contributed by atoms with Gasteiger partial charge in [0.1, 0.15) is 11.5 Å². The lowest BCUT2D eigenvalue weighted by Gasteiger charge is -2.13. The van der Waals surface area contributed by atoms with Crippen molar-refractivity contribution in [2.24, 2.45) is 4.99 Å². The number of hydrogen-bond acceptors (Lipinski definition) is 2. The van der Waals surface area contributed by atoms with E-state index < -0.39 is 0 Å². The second-order valence-electron chi connectivity index (χ2n) is 5.95. The van der Waals surface area contributed by atoms with Crippen LogP contribution in [-0.2, 0) is 4.74 Å². The summed E-state index contributed by atoms with van der Waals surface area (Å²) in [5.41, 5.74) is 2.71. The third kappa shape index (κ3) is 11.8. The van der Waals surface area contributed by atoms with Gasteiger partial charge < -0.3 is 4.74 Å². The molecule has 0 aliphatic heterocycles. The Morgan fingerprint density at radius 2 is 1.55 bits per heavy atom. The van der Waals surface area contributed by atoms with Crippen LogP contribution < -0.4 is 0 Å². The van der Waals surface area contributed by atoms with Crippen LogP contribution in [0.15, 0.2) is 140 Å². The SMILES string of the molecule is C=CC(=C)\C=C/C(=N\C(=C)/C=C\C)C(=C/C=C\CC/C=C\C)/C(=C)OC(=C)C=C. The lowest BCUT2D eigenvalue weighted by molar-refractivity contribution is 0.337. The quantitative estimate of drug-likeness (QED) is 0.0976. The molecule has 2 nitrogen and oxygen atoms in total. The van der Waals surface area contributed by atoms with E-state index >= 15 is 0 Å². The molecule has 0 N–H and O–H groups in total. The van der Waals surface area contributed by atoms with Crippen molar-refractivity contribution < 1.29 is 4.74 Å². The zero-order valence-corrected chi connectivity index (χ0v) is 17.9. The highest BCUT2D eigenvalue weighted by Crippen LogP contribution is 2.19. The molecule has 0 heterocycles. The van der Waals surface area contributed by atoms with Crippen LogP contribution in [0.1, 0.15) is 26.7 Å². The second-order valence-corrected chi connectivity index (χ2v) is 5.95. The Morgan fingerprint density at radius 1 is 0.862 bits per heavy atom. The van der Waals surface area contributed by atoms with Gasteiger partial charge in [-0.2, -0.15) is 0 Å². The van der Waals surface area contributed by atoms with Gasteiger partial charge >= 0.3 is 0 Å². The number of hydrogen-bond donors (Lipinski definition) is 0. The average molecular weight is 388 g/mol. The Kier molecular flexibility index (Phi) is 13.8. The molecule has 0 fully saturated rings. The van der Waals surface area contributed by atoms with Gasteiger partial charge in [-0.3, -0.25) is 0 Å². The van der Waals surface area contributed by atoms with Gasteiger partial charge in [0, 0.05) is 5.57 Å². The fourth-order valence-corrected chi connectivity index (χ4v) is 2.02. The molecule has 0 aromatic carbocycles. The first-order valence-electron chi connectivity index (χ1n) is 9.46. The Hall–Kier alpha value is -3.39. The van der Waals surface area contributed by atoms with E-state index in [1.54, 1.807) is 6.08 Å². The predicted molar refractivity (Wildman–Crippen MR) is 131 cm³/mol. The van der Waals surface area contributed by atoms with E-state index in [2.05, 4.69) is 56.6 Å². The van der Waals surface area contributed by atoms with Crippen molar-refractivity contribution in [2.45, 2.75) is 26.7 Å². The highest BCUT2D eigenvalue weighted by molar-refractivity contribution is 6.12. The number of unbranched alkanes of at least 4 members (excludes halogenated alkanes) is 1. The van der Waals surface area contributed by atoms with E-state index in [4.69, 9.17) is 4.74 Å². The molecule has 0 aromatic heterocycles. The fourth-order valence-electron chi connectivity index (χ4n) is 2.02. The van der Waals surface area contributed by atoms with Crippen LogP contribution in [0.3, 0.4) is 0 Å². The molecule has 0 aromatic rings. The molecule has 0 saturated carbocycles. The third-order valence-electron chi connectivity index (χ3n) is 3.53. The van der Waals surface area contributed by atoms with Crippen LogP contribution in [0.25, 0.3) is 0 Å². The predicted octanol–water partition coefficient (Wildman–Crippen LogP) is 7.88. The summed E-state index contributed by atoms with van der Waals surface area (Å²) in [5.74, 6) is 0.818. The summed E-state index contributed by atoms with van der Waals surface area (Å²) < 4.78 is 5.69. The molecular formula is C27H33NO. The smallest absolute Gasteiger partial charge is 0.129 e. The van der Waals surface area contributed by atoms with E-state index in [1.165, 1.54) is 6.08 Å². The Labute approximate surface area is 177 Å².